The molecule has 1 N–H and O–H groups in total. The van der Waals surface area contributed by atoms with Gasteiger partial charge < -0.3 is 10.1 Å². The molecule has 4 rings (SSSR count). The van der Waals surface area contributed by atoms with Crippen molar-refractivity contribution in [3.8, 4) is 16.9 Å². The Hall–Kier alpha value is -2.22. The number of hydrogen-bond donors (Lipinski definition) is 1. The van der Waals surface area contributed by atoms with Gasteiger partial charge in [-0.15, -0.1) is 0 Å². The van der Waals surface area contributed by atoms with Gasteiger partial charge in [0.1, 0.15) is 11.5 Å². The molecule has 0 unspecified atom stereocenters. The Morgan fingerprint density at radius 1 is 1.00 bits per heavy atom. The molecule has 2 aliphatic heterocycles. The second-order valence-electron chi connectivity index (χ2n) is 7.99. The van der Waals surface area contributed by atoms with Crippen molar-refractivity contribution in [2.75, 3.05) is 5.32 Å². The lowest BCUT2D eigenvalue weighted by Gasteiger charge is -2.34. The van der Waals surface area contributed by atoms with Crippen LogP contribution in [0.1, 0.15) is 41.0 Å². The first-order chi connectivity index (χ1) is 11.4. The van der Waals surface area contributed by atoms with E-state index in [9.17, 15) is 0 Å². The maximum atomic E-state index is 6.36. The summed E-state index contributed by atoms with van der Waals surface area (Å²) in [6.07, 6.45) is 1.05. The monoisotopic (exact) mass is 319 g/mol. The van der Waals surface area contributed by atoms with Gasteiger partial charge in [0, 0.05) is 33.1 Å². The third kappa shape index (κ3) is 2.24. The molecule has 124 valence electrons. The van der Waals surface area contributed by atoms with Crippen molar-refractivity contribution in [3.05, 3.63) is 46.8 Å². The fourth-order valence-electron chi connectivity index (χ4n) is 4.14. The van der Waals surface area contributed by atoms with Crippen molar-refractivity contribution in [1.82, 2.24) is 0 Å². The van der Waals surface area contributed by atoms with E-state index in [0.29, 0.717) is 5.92 Å². The molecule has 0 atom stereocenters. The van der Waals surface area contributed by atoms with Gasteiger partial charge in [-0.2, -0.15) is 0 Å². The Morgan fingerprint density at radius 2 is 1.75 bits per heavy atom. The van der Waals surface area contributed by atoms with Crippen LogP contribution in [0.2, 0.25) is 0 Å². The van der Waals surface area contributed by atoms with E-state index in [1.165, 1.54) is 32.8 Å². The summed E-state index contributed by atoms with van der Waals surface area (Å²) >= 11 is 0. The van der Waals surface area contributed by atoms with Crippen molar-refractivity contribution in [2.24, 2.45) is 5.92 Å². The second kappa shape index (κ2) is 5.14. The number of rotatable bonds is 1. The van der Waals surface area contributed by atoms with Gasteiger partial charge in [-0.25, -0.2) is 0 Å². The van der Waals surface area contributed by atoms with Crippen LogP contribution >= 0.6 is 0 Å². The predicted octanol–water partition coefficient (Wildman–Crippen LogP) is 4.28. The molecule has 2 heterocycles. The second-order valence-corrected chi connectivity index (χ2v) is 7.99. The van der Waals surface area contributed by atoms with Crippen LogP contribution in [-0.2, 0) is 0 Å². The van der Waals surface area contributed by atoms with E-state index in [1.807, 2.05) is 6.07 Å². The largest absolute Gasteiger partial charge is 0.460 e. The molecule has 0 amide bonds. The molecule has 0 radical (unpaired) electrons. The van der Waals surface area contributed by atoms with Crippen molar-refractivity contribution in [2.45, 2.75) is 46.6 Å². The van der Waals surface area contributed by atoms with Crippen LogP contribution in [0.5, 0.6) is 5.75 Å². The van der Waals surface area contributed by atoms with Gasteiger partial charge >= 0.3 is 0 Å². The summed E-state index contributed by atoms with van der Waals surface area (Å²) in [4.78, 5) is 0. The highest BCUT2D eigenvalue weighted by Crippen LogP contribution is 2.35. The van der Waals surface area contributed by atoms with E-state index >= 15 is 0 Å². The van der Waals surface area contributed by atoms with Crippen LogP contribution in [0.3, 0.4) is 0 Å². The number of anilines is 1. The van der Waals surface area contributed by atoms with E-state index in [2.05, 4.69) is 70.3 Å². The average Bonchev–Trinajstić information content (AvgIpc) is 2.51. The summed E-state index contributed by atoms with van der Waals surface area (Å²) in [6.45, 7) is 11.2. The molecule has 2 heteroatoms. The first-order valence-corrected chi connectivity index (χ1v) is 8.80. The number of ether oxygens (including phenoxy) is 1. The average molecular weight is 319 g/mol. The molecule has 0 saturated carbocycles. The fourth-order valence-corrected chi connectivity index (χ4v) is 4.14. The maximum absolute atomic E-state index is 6.36. The zero-order valence-electron chi connectivity index (χ0n) is 15.2. The molecule has 0 aromatic heterocycles. The van der Waals surface area contributed by atoms with Gasteiger partial charge in [0.05, 0.1) is 0 Å². The molecule has 0 spiro atoms. The summed E-state index contributed by atoms with van der Waals surface area (Å²) < 4.78 is 6.36. The highest BCUT2D eigenvalue weighted by atomic mass is 16.5. The predicted molar refractivity (Wildman–Crippen MR) is 101 cm³/mol. The van der Waals surface area contributed by atoms with Crippen molar-refractivity contribution in [3.63, 3.8) is 0 Å². The Balaban J connectivity index is 2.15. The fraction of sp³-hybridized carbons (Fsp3) is 0.364. The lowest BCUT2D eigenvalue weighted by molar-refractivity contribution is 0.452. The minimum atomic E-state index is 0.0940. The number of hydrogen-bond acceptors (Lipinski definition) is 2. The smallest absolute Gasteiger partial charge is 0.134 e. The highest BCUT2D eigenvalue weighted by molar-refractivity contribution is 5.80. The van der Waals surface area contributed by atoms with E-state index in [-0.39, 0.29) is 5.54 Å². The summed E-state index contributed by atoms with van der Waals surface area (Å²) in [5, 5.41) is 6.33. The first-order valence-electron chi connectivity index (χ1n) is 8.80. The quantitative estimate of drug-likeness (QED) is 0.847. The van der Waals surface area contributed by atoms with Crippen LogP contribution in [-0.4, -0.2) is 5.54 Å². The van der Waals surface area contributed by atoms with Crippen LogP contribution in [0, 0.1) is 5.92 Å². The Labute approximate surface area is 143 Å². The number of benzene rings is 2. The van der Waals surface area contributed by atoms with Crippen LogP contribution < -0.4 is 20.5 Å². The third-order valence-electron chi connectivity index (χ3n) is 4.98. The van der Waals surface area contributed by atoms with Crippen LogP contribution in [0.25, 0.3) is 22.5 Å². The van der Waals surface area contributed by atoms with Crippen LogP contribution in [0.15, 0.2) is 36.4 Å². The van der Waals surface area contributed by atoms with E-state index in [1.54, 1.807) is 0 Å². The van der Waals surface area contributed by atoms with Gasteiger partial charge in [0.2, 0.25) is 0 Å². The molecule has 0 saturated heterocycles. The van der Waals surface area contributed by atoms with E-state index < -0.39 is 0 Å². The molecule has 2 nitrogen and oxygen atoms in total. The van der Waals surface area contributed by atoms with E-state index in [0.717, 1.165) is 17.9 Å². The normalized spacial score (nSPS) is 17.6. The van der Waals surface area contributed by atoms with Gasteiger partial charge in [-0.1, -0.05) is 43.7 Å². The minimum absolute atomic E-state index is 0.0940. The lowest BCUT2D eigenvalue weighted by Crippen LogP contribution is -2.45. The Kier molecular flexibility index (Phi) is 3.28. The number of nitrogens with one attached hydrogen (secondary N) is 1. The molecular weight excluding hydrogens is 294 g/mol. The molecular formula is C22H25NO. The van der Waals surface area contributed by atoms with Gasteiger partial charge in [-0.3, -0.25) is 0 Å². The third-order valence-corrected chi connectivity index (χ3v) is 4.98. The van der Waals surface area contributed by atoms with Crippen molar-refractivity contribution >= 4 is 17.0 Å². The summed E-state index contributed by atoms with van der Waals surface area (Å²) in [5.74, 6) is 2.39. The van der Waals surface area contributed by atoms with Crippen molar-refractivity contribution < 1.29 is 4.74 Å². The molecule has 0 bridgehead atoms. The molecule has 2 aliphatic rings. The lowest BCUT2D eigenvalue weighted by atomic mass is 9.86. The van der Waals surface area contributed by atoms with Gasteiger partial charge in [-0.05, 0) is 44.9 Å². The molecule has 24 heavy (non-hydrogen) atoms. The molecule has 2 aromatic carbocycles. The van der Waals surface area contributed by atoms with Crippen LogP contribution in [0.4, 0.5) is 5.69 Å². The summed E-state index contributed by atoms with van der Waals surface area (Å²) in [5.41, 5.74) is 5.24. The van der Waals surface area contributed by atoms with Gasteiger partial charge in [0.15, 0.2) is 0 Å². The van der Waals surface area contributed by atoms with E-state index in [4.69, 9.17) is 4.74 Å². The zero-order valence-corrected chi connectivity index (χ0v) is 15.2. The molecule has 0 aliphatic carbocycles. The highest BCUT2D eigenvalue weighted by Gasteiger charge is 2.27. The SMILES string of the molecule is CC1=c2c(ccc3c2=C(C(C)C)Oc2ccccc2-3)NC(C)(C)C1. The summed E-state index contributed by atoms with van der Waals surface area (Å²) in [7, 11) is 0. The Morgan fingerprint density at radius 3 is 2.50 bits per heavy atom. The number of para-hydroxylation sites is 1. The zero-order chi connectivity index (χ0) is 17.1. The molecule has 2 aromatic rings. The van der Waals surface area contributed by atoms with Gasteiger partial charge in [0.25, 0.3) is 0 Å². The number of fused-ring (bicyclic) bond motifs is 5. The maximum Gasteiger partial charge on any atom is 0.134 e. The standard InChI is InChI=1S/C22H25NO/c1-13(2)21-20-16(15-8-6-7-9-18(15)24-21)10-11-17-19(20)14(3)12-22(4,5)23-17/h6-11,13,23H,12H2,1-5H3. The Bertz CT molecular complexity index is 950. The minimum Gasteiger partial charge on any atom is -0.460 e. The first kappa shape index (κ1) is 15.3. The summed E-state index contributed by atoms with van der Waals surface area (Å²) in [6, 6.07) is 12.8. The topological polar surface area (TPSA) is 21.3 Å². The van der Waals surface area contributed by atoms with Crippen molar-refractivity contribution in [1.29, 1.82) is 0 Å². The molecule has 0 fully saturated rings.